The van der Waals surface area contributed by atoms with Gasteiger partial charge in [0.2, 0.25) is 0 Å². The SMILES string of the molecule is CN(C)c1cccc(Oc2ccccc2)c1. The molecule has 0 saturated heterocycles. The van der Waals surface area contributed by atoms with E-state index in [1.54, 1.807) is 0 Å². The van der Waals surface area contributed by atoms with Crippen LogP contribution in [0, 0.1) is 0 Å². The van der Waals surface area contributed by atoms with Crippen LogP contribution in [0.25, 0.3) is 0 Å². The van der Waals surface area contributed by atoms with Crippen LogP contribution in [0.5, 0.6) is 11.5 Å². The number of rotatable bonds is 3. The van der Waals surface area contributed by atoms with Crippen LogP contribution in [0.4, 0.5) is 5.69 Å². The summed E-state index contributed by atoms with van der Waals surface area (Å²) in [5.41, 5.74) is 1.13. The fourth-order valence-corrected chi connectivity index (χ4v) is 1.45. The zero-order valence-electron chi connectivity index (χ0n) is 9.55. The summed E-state index contributed by atoms with van der Waals surface area (Å²) >= 11 is 0. The van der Waals surface area contributed by atoms with E-state index in [0.29, 0.717) is 0 Å². The standard InChI is InChI=1S/C14H15NO/c1-15(2)12-7-6-10-14(11-12)16-13-8-4-3-5-9-13/h3-11H,1-2H3. The lowest BCUT2D eigenvalue weighted by molar-refractivity contribution is 0.483. The third-order valence-electron chi connectivity index (χ3n) is 2.31. The Balaban J connectivity index is 2.19. The number of hydrogen-bond acceptors (Lipinski definition) is 2. The van der Waals surface area contributed by atoms with Crippen molar-refractivity contribution >= 4 is 5.69 Å². The van der Waals surface area contributed by atoms with E-state index in [1.807, 2.05) is 62.6 Å². The Hall–Kier alpha value is -1.96. The molecular weight excluding hydrogens is 198 g/mol. The summed E-state index contributed by atoms with van der Waals surface area (Å²) in [6.45, 7) is 0. The van der Waals surface area contributed by atoms with Crippen LogP contribution < -0.4 is 9.64 Å². The van der Waals surface area contributed by atoms with Gasteiger partial charge in [-0.2, -0.15) is 0 Å². The fraction of sp³-hybridized carbons (Fsp3) is 0.143. The summed E-state index contributed by atoms with van der Waals surface area (Å²) in [6.07, 6.45) is 0. The third-order valence-corrected chi connectivity index (χ3v) is 2.31. The predicted molar refractivity (Wildman–Crippen MR) is 67.3 cm³/mol. The van der Waals surface area contributed by atoms with Gasteiger partial charge in [0.25, 0.3) is 0 Å². The minimum Gasteiger partial charge on any atom is -0.457 e. The van der Waals surface area contributed by atoms with E-state index in [-0.39, 0.29) is 0 Å². The Morgan fingerprint density at radius 2 is 1.50 bits per heavy atom. The van der Waals surface area contributed by atoms with E-state index < -0.39 is 0 Å². The summed E-state index contributed by atoms with van der Waals surface area (Å²) in [6, 6.07) is 17.8. The van der Waals surface area contributed by atoms with Crippen molar-refractivity contribution in [1.82, 2.24) is 0 Å². The minimum absolute atomic E-state index is 0.859. The monoisotopic (exact) mass is 213 g/mol. The fourth-order valence-electron chi connectivity index (χ4n) is 1.45. The van der Waals surface area contributed by atoms with E-state index >= 15 is 0 Å². The summed E-state index contributed by atoms with van der Waals surface area (Å²) < 4.78 is 5.74. The average Bonchev–Trinajstić information content (AvgIpc) is 2.30. The summed E-state index contributed by atoms with van der Waals surface area (Å²) in [5, 5.41) is 0. The van der Waals surface area contributed by atoms with Crippen LogP contribution in [0.2, 0.25) is 0 Å². The van der Waals surface area contributed by atoms with Crippen molar-refractivity contribution in [2.24, 2.45) is 0 Å². The molecule has 0 bridgehead atoms. The Morgan fingerprint density at radius 3 is 2.19 bits per heavy atom. The number of ether oxygens (including phenoxy) is 1. The summed E-state index contributed by atoms with van der Waals surface area (Å²) in [5.74, 6) is 1.72. The Kier molecular flexibility index (Phi) is 3.10. The molecule has 82 valence electrons. The van der Waals surface area contributed by atoms with Gasteiger partial charge in [0, 0.05) is 25.8 Å². The van der Waals surface area contributed by atoms with Gasteiger partial charge in [-0.1, -0.05) is 24.3 Å². The molecule has 16 heavy (non-hydrogen) atoms. The molecule has 2 nitrogen and oxygen atoms in total. The molecule has 0 amide bonds. The number of anilines is 1. The first-order valence-corrected chi connectivity index (χ1v) is 5.26. The first-order valence-electron chi connectivity index (χ1n) is 5.26. The number of para-hydroxylation sites is 1. The maximum atomic E-state index is 5.74. The second kappa shape index (κ2) is 4.71. The molecule has 2 aromatic rings. The highest BCUT2D eigenvalue weighted by atomic mass is 16.5. The van der Waals surface area contributed by atoms with E-state index in [0.717, 1.165) is 17.2 Å². The molecule has 2 aromatic carbocycles. The average molecular weight is 213 g/mol. The molecule has 0 radical (unpaired) electrons. The van der Waals surface area contributed by atoms with Crippen molar-refractivity contribution in [3.05, 3.63) is 54.6 Å². The normalized spacial score (nSPS) is 9.88. The van der Waals surface area contributed by atoms with Crippen molar-refractivity contribution in [3.8, 4) is 11.5 Å². The quantitative estimate of drug-likeness (QED) is 0.773. The van der Waals surface area contributed by atoms with Gasteiger partial charge in [-0.3, -0.25) is 0 Å². The molecule has 2 rings (SSSR count). The lowest BCUT2D eigenvalue weighted by Crippen LogP contribution is -2.08. The predicted octanol–water partition coefficient (Wildman–Crippen LogP) is 3.54. The molecule has 0 aromatic heterocycles. The first-order chi connectivity index (χ1) is 7.75. The molecule has 0 spiro atoms. The highest BCUT2D eigenvalue weighted by Crippen LogP contribution is 2.24. The molecule has 2 heteroatoms. The molecule has 0 heterocycles. The first kappa shape index (κ1) is 10.6. The second-order valence-corrected chi connectivity index (χ2v) is 3.81. The van der Waals surface area contributed by atoms with Crippen molar-refractivity contribution in [3.63, 3.8) is 0 Å². The topological polar surface area (TPSA) is 12.5 Å². The maximum Gasteiger partial charge on any atom is 0.129 e. The Labute approximate surface area is 96.1 Å². The zero-order valence-corrected chi connectivity index (χ0v) is 9.55. The van der Waals surface area contributed by atoms with Crippen LogP contribution in [0.1, 0.15) is 0 Å². The van der Waals surface area contributed by atoms with Crippen molar-refractivity contribution in [2.75, 3.05) is 19.0 Å². The highest BCUT2D eigenvalue weighted by molar-refractivity contribution is 5.50. The zero-order chi connectivity index (χ0) is 11.4. The molecule has 0 aliphatic rings. The van der Waals surface area contributed by atoms with Gasteiger partial charge < -0.3 is 9.64 Å². The molecule has 0 unspecified atom stereocenters. The van der Waals surface area contributed by atoms with Crippen LogP contribution >= 0.6 is 0 Å². The Morgan fingerprint density at radius 1 is 0.812 bits per heavy atom. The lowest BCUT2D eigenvalue weighted by Gasteiger charge is -2.13. The second-order valence-electron chi connectivity index (χ2n) is 3.81. The van der Waals surface area contributed by atoms with Crippen molar-refractivity contribution in [2.45, 2.75) is 0 Å². The van der Waals surface area contributed by atoms with E-state index in [9.17, 15) is 0 Å². The van der Waals surface area contributed by atoms with Crippen molar-refractivity contribution in [1.29, 1.82) is 0 Å². The minimum atomic E-state index is 0.859. The maximum absolute atomic E-state index is 5.74. The van der Waals surface area contributed by atoms with Gasteiger partial charge in [-0.25, -0.2) is 0 Å². The largest absolute Gasteiger partial charge is 0.457 e. The third kappa shape index (κ3) is 2.54. The molecule has 0 saturated carbocycles. The smallest absolute Gasteiger partial charge is 0.129 e. The highest BCUT2D eigenvalue weighted by Gasteiger charge is 1.99. The number of nitrogens with zero attached hydrogens (tertiary/aromatic N) is 1. The van der Waals surface area contributed by atoms with Crippen LogP contribution in [-0.2, 0) is 0 Å². The molecule has 0 atom stereocenters. The van der Waals surface area contributed by atoms with Gasteiger partial charge in [0.15, 0.2) is 0 Å². The molecule has 0 fully saturated rings. The number of hydrogen-bond donors (Lipinski definition) is 0. The molecule has 0 aliphatic carbocycles. The summed E-state index contributed by atoms with van der Waals surface area (Å²) in [4.78, 5) is 2.05. The van der Waals surface area contributed by atoms with E-state index in [4.69, 9.17) is 4.74 Å². The summed E-state index contributed by atoms with van der Waals surface area (Å²) in [7, 11) is 4.03. The lowest BCUT2D eigenvalue weighted by atomic mass is 10.3. The number of benzene rings is 2. The van der Waals surface area contributed by atoms with Gasteiger partial charge in [-0.05, 0) is 24.3 Å². The van der Waals surface area contributed by atoms with Gasteiger partial charge in [0.05, 0.1) is 0 Å². The van der Waals surface area contributed by atoms with Crippen LogP contribution in [0.3, 0.4) is 0 Å². The van der Waals surface area contributed by atoms with Gasteiger partial charge in [0.1, 0.15) is 11.5 Å². The molecular formula is C14H15NO. The van der Waals surface area contributed by atoms with Crippen LogP contribution in [0.15, 0.2) is 54.6 Å². The van der Waals surface area contributed by atoms with Gasteiger partial charge >= 0.3 is 0 Å². The van der Waals surface area contributed by atoms with E-state index in [1.165, 1.54) is 0 Å². The molecule has 0 N–H and O–H groups in total. The van der Waals surface area contributed by atoms with Crippen LogP contribution in [-0.4, -0.2) is 14.1 Å². The molecule has 0 aliphatic heterocycles. The van der Waals surface area contributed by atoms with Gasteiger partial charge in [-0.15, -0.1) is 0 Å². The van der Waals surface area contributed by atoms with E-state index in [2.05, 4.69) is 11.0 Å². The Bertz CT molecular complexity index is 451. The van der Waals surface area contributed by atoms with Crippen molar-refractivity contribution < 1.29 is 4.74 Å².